The summed E-state index contributed by atoms with van der Waals surface area (Å²) in [7, 11) is 0. The summed E-state index contributed by atoms with van der Waals surface area (Å²) in [6.07, 6.45) is 5.69. The normalized spacial score (nSPS) is 15.4. The first-order chi connectivity index (χ1) is 15.5. The summed E-state index contributed by atoms with van der Waals surface area (Å²) in [6, 6.07) is 11.9. The molecule has 2 N–H and O–H groups in total. The van der Waals surface area contributed by atoms with Gasteiger partial charge in [0.25, 0.3) is 11.5 Å². The highest BCUT2D eigenvalue weighted by molar-refractivity contribution is 5.95. The van der Waals surface area contributed by atoms with Crippen LogP contribution in [0.2, 0.25) is 0 Å². The number of rotatable bonds is 7. The minimum absolute atomic E-state index is 0.109. The molecule has 1 fully saturated rings. The van der Waals surface area contributed by atoms with Crippen LogP contribution in [0.5, 0.6) is 0 Å². The van der Waals surface area contributed by atoms with Crippen LogP contribution in [0, 0.1) is 12.7 Å². The number of carbonyl (C=O) groups is 1. The highest BCUT2D eigenvalue weighted by atomic mass is 19.1. The molecule has 4 rings (SSSR count). The molecule has 3 heterocycles. The molecule has 3 aromatic rings. The van der Waals surface area contributed by atoms with Gasteiger partial charge in [-0.25, -0.2) is 4.39 Å². The third-order valence-electron chi connectivity index (χ3n) is 6.13. The number of aromatic nitrogens is 1. The second kappa shape index (κ2) is 9.96. The lowest BCUT2D eigenvalue weighted by Crippen LogP contribution is -2.38. The predicted molar refractivity (Wildman–Crippen MR) is 120 cm³/mol. The molecule has 1 aliphatic rings. The van der Waals surface area contributed by atoms with E-state index in [0.717, 1.165) is 37.3 Å². The van der Waals surface area contributed by atoms with Crippen molar-refractivity contribution in [2.24, 2.45) is 0 Å². The fourth-order valence-corrected chi connectivity index (χ4v) is 4.37. The zero-order valence-corrected chi connectivity index (χ0v) is 18.1. The van der Waals surface area contributed by atoms with Gasteiger partial charge in [-0.2, -0.15) is 0 Å². The lowest BCUT2D eigenvalue weighted by molar-refractivity contribution is 0.0949. The third kappa shape index (κ3) is 4.83. The Hall–Kier alpha value is -3.19. The van der Waals surface area contributed by atoms with Gasteiger partial charge in [-0.1, -0.05) is 12.1 Å². The summed E-state index contributed by atoms with van der Waals surface area (Å²) in [6.45, 7) is 3.87. The van der Waals surface area contributed by atoms with Crippen LogP contribution >= 0.6 is 0 Å². The average Bonchev–Trinajstić information content (AvgIpc) is 3.33. The van der Waals surface area contributed by atoms with E-state index in [4.69, 9.17) is 4.42 Å². The predicted octanol–water partition coefficient (Wildman–Crippen LogP) is 3.77. The second-order valence-electron chi connectivity index (χ2n) is 8.23. The van der Waals surface area contributed by atoms with Crippen molar-refractivity contribution in [3.63, 3.8) is 0 Å². The van der Waals surface area contributed by atoms with Crippen LogP contribution in [0.25, 0.3) is 0 Å². The Morgan fingerprint density at radius 2 is 1.97 bits per heavy atom. The molecule has 1 unspecified atom stereocenters. The summed E-state index contributed by atoms with van der Waals surface area (Å²) in [5, 5.41) is 6.20. The molecule has 168 valence electrons. The van der Waals surface area contributed by atoms with Crippen molar-refractivity contribution in [3.8, 4) is 0 Å². The van der Waals surface area contributed by atoms with Gasteiger partial charge in [-0.15, -0.1) is 0 Å². The van der Waals surface area contributed by atoms with Crippen LogP contribution in [0.1, 0.15) is 58.5 Å². The van der Waals surface area contributed by atoms with E-state index in [2.05, 4.69) is 10.6 Å². The quantitative estimate of drug-likeness (QED) is 0.590. The number of furan rings is 1. The van der Waals surface area contributed by atoms with Gasteiger partial charge >= 0.3 is 0 Å². The Balaban J connectivity index is 1.48. The van der Waals surface area contributed by atoms with Gasteiger partial charge in [0.1, 0.15) is 17.1 Å². The minimum atomic E-state index is -0.368. The van der Waals surface area contributed by atoms with E-state index in [1.165, 1.54) is 12.1 Å². The number of amides is 1. The number of aryl methyl sites for hydroxylation is 1. The first kappa shape index (κ1) is 22.0. The number of carbonyl (C=O) groups excluding carboxylic acids is 1. The molecular formula is C25H28FN3O3. The number of benzene rings is 1. The van der Waals surface area contributed by atoms with E-state index in [1.807, 2.05) is 12.1 Å². The fourth-order valence-electron chi connectivity index (χ4n) is 4.37. The van der Waals surface area contributed by atoms with Crippen molar-refractivity contribution in [3.05, 3.63) is 93.5 Å². The smallest absolute Gasteiger partial charge is 0.263 e. The molecule has 2 aromatic heterocycles. The molecule has 1 aromatic carbocycles. The molecule has 0 bridgehead atoms. The SMILES string of the molecule is Cc1ccn(C2CCNCC2)c(=O)c1C(=O)NCCC(c1ccc(F)cc1)c1ccco1. The molecule has 0 aliphatic carbocycles. The number of piperidine rings is 1. The van der Waals surface area contributed by atoms with Crippen molar-refractivity contribution in [2.75, 3.05) is 19.6 Å². The zero-order chi connectivity index (χ0) is 22.5. The Bertz CT molecular complexity index is 1100. The third-order valence-corrected chi connectivity index (χ3v) is 6.13. The van der Waals surface area contributed by atoms with Crippen LogP contribution in [0.15, 0.2) is 64.1 Å². The van der Waals surface area contributed by atoms with Gasteiger partial charge in [0.2, 0.25) is 0 Å². The summed E-state index contributed by atoms with van der Waals surface area (Å²) >= 11 is 0. The number of halogens is 1. The zero-order valence-electron chi connectivity index (χ0n) is 18.1. The van der Waals surface area contributed by atoms with Crippen molar-refractivity contribution in [1.82, 2.24) is 15.2 Å². The first-order valence-corrected chi connectivity index (χ1v) is 11.0. The van der Waals surface area contributed by atoms with Gasteiger partial charge in [-0.05, 0) is 80.7 Å². The molecule has 32 heavy (non-hydrogen) atoms. The minimum Gasteiger partial charge on any atom is -0.469 e. The van der Waals surface area contributed by atoms with Gasteiger partial charge < -0.3 is 19.6 Å². The van der Waals surface area contributed by atoms with Gasteiger partial charge in [0.05, 0.1) is 6.26 Å². The van der Waals surface area contributed by atoms with Crippen molar-refractivity contribution < 1.29 is 13.6 Å². The lowest BCUT2D eigenvalue weighted by atomic mass is 9.93. The molecular weight excluding hydrogens is 409 g/mol. The molecule has 1 aliphatic heterocycles. The maximum Gasteiger partial charge on any atom is 0.263 e. The van der Waals surface area contributed by atoms with E-state index in [9.17, 15) is 14.0 Å². The Kier molecular flexibility index (Phi) is 6.85. The van der Waals surface area contributed by atoms with E-state index >= 15 is 0 Å². The molecule has 0 spiro atoms. The number of hydrogen-bond acceptors (Lipinski definition) is 4. The van der Waals surface area contributed by atoms with Crippen molar-refractivity contribution in [1.29, 1.82) is 0 Å². The highest BCUT2D eigenvalue weighted by Crippen LogP contribution is 2.28. The Morgan fingerprint density at radius 1 is 1.22 bits per heavy atom. The Labute approximate surface area is 186 Å². The van der Waals surface area contributed by atoms with E-state index in [0.29, 0.717) is 18.5 Å². The van der Waals surface area contributed by atoms with Gasteiger partial charge in [0, 0.05) is 24.7 Å². The van der Waals surface area contributed by atoms with Gasteiger partial charge in [0.15, 0.2) is 0 Å². The van der Waals surface area contributed by atoms with Crippen LogP contribution in [0.4, 0.5) is 4.39 Å². The Morgan fingerprint density at radius 3 is 2.66 bits per heavy atom. The molecule has 0 saturated carbocycles. The molecule has 6 nitrogen and oxygen atoms in total. The van der Waals surface area contributed by atoms with Crippen LogP contribution in [-0.2, 0) is 0 Å². The second-order valence-corrected chi connectivity index (χ2v) is 8.23. The average molecular weight is 438 g/mol. The monoisotopic (exact) mass is 437 g/mol. The fraction of sp³-hybridized carbons (Fsp3) is 0.360. The lowest BCUT2D eigenvalue weighted by Gasteiger charge is -2.25. The molecule has 1 atom stereocenters. The standard InChI is InChI=1S/C25H28FN3O3/c1-17-11-15-29(20-8-12-27-13-9-20)25(31)23(17)24(30)28-14-10-21(22-3-2-16-32-22)18-4-6-19(26)7-5-18/h2-7,11,15-16,20-21,27H,8-10,12-14H2,1H3,(H,28,30). The maximum absolute atomic E-state index is 13.4. The maximum atomic E-state index is 13.4. The summed E-state index contributed by atoms with van der Waals surface area (Å²) in [5.74, 6) is -0.0536. The number of hydrogen-bond donors (Lipinski definition) is 2. The topological polar surface area (TPSA) is 76.3 Å². The van der Waals surface area contributed by atoms with E-state index in [1.54, 1.807) is 42.1 Å². The van der Waals surface area contributed by atoms with E-state index < -0.39 is 0 Å². The summed E-state index contributed by atoms with van der Waals surface area (Å²) < 4.78 is 20.6. The number of nitrogens with zero attached hydrogens (tertiary/aromatic N) is 1. The van der Waals surface area contributed by atoms with E-state index in [-0.39, 0.29) is 34.8 Å². The van der Waals surface area contributed by atoms with Gasteiger partial charge in [-0.3, -0.25) is 9.59 Å². The molecule has 7 heteroatoms. The number of pyridine rings is 1. The molecule has 0 radical (unpaired) electrons. The van der Waals surface area contributed by atoms with Crippen LogP contribution < -0.4 is 16.2 Å². The van der Waals surface area contributed by atoms with Crippen molar-refractivity contribution >= 4 is 5.91 Å². The van der Waals surface area contributed by atoms with Crippen LogP contribution in [0.3, 0.4) is 0 Å². The summed E-state index contributed by atoms with van der Waals surface area (Å²) in [5.41, 5.74) is 1.52. The first-order valence-electron chi connectivity index (χ1n) is 11.0. The largest absolute Gasteiger partial charge is 0.469 e. The van der Waals surface area contributed by atoms with Crippen LogP contribution in [-0.4, -0.2) is 30.1 Å². The highest BCUT2D eigenvalue weighted by Gasteiger charge is 2.22. The number of nitrogens with one attached hydrogen (secondary N) is 2. The molecule has 1 amide bonds. The van der Waals surface area contributed by atoms with Crippen molar-refractivity contribution in [2.45, 2.75) is 38.1 Å². The summed E-state index contributed by atoms with van der Waals surface area (Å²) in [4.78, 5) is 26.1. The molecule has 1 saturated heterocycles.